The van der Waals surface area contributed by atoms with E-state index < -0.39 is 0 Å². The molecule has 0 aliphatic carbocycles. The number of hydrogen-bond donors (Lipinski definition) is 0. The highest BCUT2D eigenvalue weighted by molar-refractivity contribution is 5.38. The minimum atomic E-state index is 0.550. The van der Waals surface area contributed by atoms with Crippen molar-refractivity contribution in [3.63, 3.8) is 0 Å². The smallest absolute Gasteiger partial charge is 0.244 e. The van der Waals surface area contributed by atoms with E-state index in [1.807, 2.05) is 31.2 Å². The van der Waals surface area contributed by atoms with Crippen molar-refractivity contribution in [3.05, 3.63) is 64.9 Å². The zero-order valence-corrected chi connectivity index (χ0v) is 13.5. The Morgan fingerprint density at radius 2 is 1.59 bits per heavy atom. The van der Waals surface area contributed by atoms with Gasteiger partial charge in [-0.15, -0.1) is 0 Å². The van der Waals surface area contributed by atoms with E-state index in [4.69, 9.17) is 0 Å². The van der Waals surface area contributed by atoms with Gasteiger partial charge in [0.25, 0.3) is 0 Å². The van der Waals surface area contributed by atoms with Crippen molar-refractivity contribution in [3.8, 4) is 0 Å². The zero-order valence-electron chi connectivity index (χ0n) is 13.5. The molecule has 0 atom stereocenters. The Labute approximate surface area is 132 Å². The Morgan fingerprint density at radius 1 is 0.909 bits per heavy atom. The van der Waals surface area contributed by atoms with Crippen LogP contribution in [0.5, 0.6) is 0 Å². The number of unbranched alkanes of at least 4 members (excludes halogenated alkanes) is 3. The van der Waals surface area contributed by atoms with E-state index in [1.165, 1.54) is 31.2 Å². The zero-order chi connectivity index (χ0) is 15.8. The topological polar surface area (TPSA) is 38.4 Å². The van der Waals surface area contributed by atoms with Gasteiger partial charge in [-0.3, -0.25) is 0 Å². The minimum absolute atomic E-state index is 0.550. The molecule has 0 fully saturated rings. The molecular weight excluding hydrogens is 272 g/mol. The molecule has 0 radical (unpaired) electrons. The predicted molar refractivity (Wildman–Crippen MR) is 90.8 cm³/mol. The molecule has 0 spiro atoms. The van der Waals surface area contributed by atoms with Crippen LogP contribution in [0.25, 0.3) is 0 Å². The molecule has 116 valence electrons. The maximum atomic E-state index is 12.0. The van der Waals surface area contributed by atoms with Crippen molar-refractivity contribution in [2.24, 2.45) is 5.11 Å². The van der Waals surface area contributed by atoms with Crippen LogP contribution in [0, 0.1) is 12.1 Å². The third-order valence-electron chi connectivity index (χ3n) is 3.72. The summed E-state index contributed by atoms with van der Waals surface area (Å²) in [4.78, 5) is 0.676. The second kappa shape index (κ2) is 8.32. The van der Waals surface area contributed by atoms with E-state index in [1.54, 1.807) is 12.1 Å². The largest absolute Gasteiger partial charge is 0.594 e. The fourth-order valence-electron chi connectivity index (χ4n) is 2.32. The van der Waals surface area contributed by atoms with Gasteiger partial charge in [-0.1, -0.05) is 60.9 Å². The monoisotopic (exact) mass is 296 g/mol. The summed E-state index contributed by atoms with van der Waals surface area (Å²) in [6, 6.07) is 15.3. The molecule has 22 heavy (non-hydrogen) atoms. The van der Waals surface area contributed by atoms with Gasteiger partial charge in [-0.05, 0) is 37.5 Å². The van der Waals surface area contributed by atoms with Gasteiger partial charge in [-0.25, -0.2) is 0 Å². The predicted octanol–water partition coefficient (Wildman–Crippen LogP) is 6.04. The minimum Gasteiger partial charge on any atom is -0.594 e. The molecule has 2 aromatic carbocycles. The van der Waals surface area contributed by atoms with E-state index in [2.05, 4.69) is 24.2 Å². The molecule has 0 unspecified atom stereocenters. The van der Waals surface area contributed by atoms with Crippen molar-refractivity contribution in [1.29, 1.82) is 0 Å². The maximum Gasteiger partial charge on any atom is 0.244 e. The molecular formula is C19H24N2O. The van der Waals surface area contributed by atoms with E-state index in [9.17, 15) is 5.21 Å². The van der Waals surface area contributed by atoms with Gasteiger partial charge >= 0.3 is 0 Å². The fraction of sp³-hybridized carbons (Fsp3) is 0.368. The molecule has 0 saturated heterocycles. The molecule has 0 bridgehead atoms. The second-order valence-electron chi connectivity index (χ2n) is 5.69. The third kappa shape index (κ3) is 4.99. The molecule has 0 heterocycles. The normalized spacial score (nSPS) is 11.6. The number of nitrogens with zero attached hydrogens (tertiary/aromatic N) is 2. The lowest BCUT2D eigenvalue weighted by molar-refractivity contribution is -0.435. The lowest BCUT2D eigenvalue weighted by atomic mass is 10.1. The van der Waals surface area contributed by atoms with Gasteiger partial charge in [0.05, 0.1) is 0 Å². The van der Waals surface area contributed by atoms with Crippen molar-refractivity contribution < 1.29 is 4.86 Å². The van der Waals surface area contributed by atoms with Crippen LogP contribution in [0.3, 0.4) is 0 Å². The quantitative estimate of drug-likeness (QED) is 0.265. The average molecular weight is 296 g/mol. The number of benzene rings is 2. The molecule has 0 aliphatic heterocycles. The lowest BCUT2D eigenvalue weighted by Gasteiger charge is -2.02. The summed E-state index contributed by atoms with van der Waals surface area (Å²) in [7, 11) is 0. The van der Waals surface area contributed by atoms with Crippen LogP contribution >= 0.6 is 0 Å². The number of rotatable bonds is 7. The van der Waals surface area contributed by atoms with Crippen LogP contribution in [0.2, 0.25) is 0 Å². The molecule has 2 aromatic rings. The van der Waals surface area contributed by atoms with Gasteiger partial charge in [-0.2, -0.15) is 0 Å². The van der Waals surface area contributed by atoms with Crippen LogP contribution < -0.4 is 0 Å². The fourth-order valence-corrected chi connectivity index (χ4v) is 2.32. The Kier molecular flexibility index (Phi) is 6.13. The third-order valence-corrected chi connectivity index (χ3v) is 3.72. The summed E-state index contributed by atoms with van der Waals surface area (Å²) in [5.41, 5.74) is 3.68. The van der Waals surface area contributed by atoms with Crippen LogP contribution in [-0.2, 0) is 6.42 Å². The van der Waals surface area contributed by atoms with Gasteiger partial charge in [0.2, 0.25) is 5.69 Å². The van der Waals surface area contributed by atoms with Crippen LogP contribution in [-0.4, -0.2) is 4.86 Å². The molecule has 0 amide bonds. The first-order valence-corrected chi connectivity index (χ1v) is 8.03. The first-order chi connectivity index (χ1) is 10.7. The number of azo groups is 1. The maximum absolute atomic E-state index is 12.0. The van der Waals surface area contributed by atoms with Crippen molar-refractivity contribution in [2.45, 2.75) is 46.0 Å². The van der Waals surface area contributed by atoms with Crippen LogP contribution in [0.15, 0.2) is 53.6 Å². The molecule has 0 aliphatic rings. The highest BCUT2D eigenvalue weighted by Crippen LogP contribution is 2.19. The summed E-state index contributed by atoms with van der Waals surface area (Å²) < 4.78 is 0. The first-order valence-electron chi connectivity index (χ1n) is 8.03. The van der Waals surface area contributed by atoms with Crippen molar-refractivity contribution in [1.82, 2.24) is 0 Å². The molecule has 0 N–H and O–H groups in total. The molecule has 0 aromatic heterocycles. The SMILES string of the molecule is CCCCCCc1ccc(N=[N+]([O-])c2ccc(C)cc2)cc1. The Balaban J connectivity index is 1.97. The number of hydrogen-bond acceptors (Lipinski definition) is 2. The highest BCUT2D eigenvalue weighted by Gasteiger charge is 2.03. The number of aryl methyl sites for hydroxylation is 2. The van der Waals surface area contributed by atoms with E-state index >= 15 is 0 Å². The highest BCUT2D eigenvalue weighted by atomic mass is 16.5. The summed E-state index contributed by atoms with van der Waals surface area (Å²) >= 11 is 0. The Hall–Kier alpha value is -2.16. The van der Waals surface area contributed by atoms with Gasteiger partial charge in [0, 0.05) is 17.2 Å². The lowest BCUT2D eigenvalue weighted by Crippen LogP contribution is -1.90. The van der Waals surface area contributed by atoms with Crippen LogP contribution in [0.4, 0.5) is 11.4 Å². The molecule has 3 nitrogen and oxygen atoms in total. The summed E-state index contributed by atoms with van der Waals surface area (Å²) in [6.45, 7) is 4.22. The molecule has 2 rings (SSSR count). The van der Waals surface area contributed by atoms with E-state index in [0.717, 1.165) is 12.0 Å². The van der Waals surface area contributed by atoms with Gasteiger partial charge < -0.3 is 5.21 Å². The summed E-state index contributed by atoms with van der Waals surface area (Å²) in [5, 5.41) is 16.1. The van der Waals surface area contributed by atoms with Crippen LogP contribution in [0.1, 0.15) is 43.7 Å². The summed E-state index contributed by atoms with van der Waals surface area (Å²) in [6.07, 6.45) is 6.16. The van der Waals surface area contributed by atoms with E-state index in [0.29, 0.717) is 16.2 Å². The Morgan fingerprint density at radius 3 is 2.23 bits per heavy atom. The van der Waals surface area contributed by atoms with E-state index in [-0.39, 0.29) is 0 Å². The Bertz CT molecular complexity index is 600. The van der Waals surface area contributed by atoms with Crippen molar-refractivity contribution in [2.75, 3.05) is 0 Å². The second-order valence-corrected chi connectivity index (χ2v) is 5.69. The first kappa shape index (κ1) is 16.2. The van der Waals surface area contributed by atoms with Gasteiger partial charge in [0.1, 0.15) is 5.69 Å². The van der Waals surface area contributed by atoms with Gasteiger partial charge in [0.15, 0.2) is 0 Å². The molecule has 3 heteroatoms. The standard InChI is InChI=1S/C19H24N2O/c1-3-4-5-6-7-17-10-12-18(13-11-17)20-21(22)19-14-8-16(2)9-15-19/h8-15H,3-7H2,1-2H3. The molecule has 0 saturated carbocycles. The van der Waals surface area contributed by atoms with Crippen molar-refractivity contribution >= 4 is 11.4 Å². The summed E-state index contributed by atoms with van der Waals surface area (Å²) in [5.74, 6) is 0. The average Bonchev–Trinajstić information content (AvgIpc) is 2.54.